The molecule has 5 heteroatoms. The lowest BCUT2D eigenvalue weighted by atomic mass is 10.2. The first kappa shape index (κ1) is 11.6. The van der Waals surface area contributed by atoms with Gasteiger partial charge >= 0.3 is 6.01 Å². The number of benzene rings is 1. The molecular weight excluding hydrogens is 246 g/mol. The fraction of sp³-hybridized carbons (Fsp3) is 0.385. The van der Waals surface area contributed by atoms with E-state index in [-0.39, 0.29) is 0 Å². The van der Waals surface area contributed by atoms with Crippen LogP contribution in [0.2, 0.25) is 0 Å². The summed E-state index contributed by atoms with van der Waals surface area (Å²) < 4.78 is 5.15. The molecular formula is C13H15N3OS. The first-order valence-electron chi connectivity index (χ1n) is 6.09. The minimum absolute atomic E-state index is 0.544. The Hall–Kier alpha value is -1.49. The zero-order chi connectivity index (χ0) is 12.4. The largest absolute Gasteiger partial charge is 0.335 e. The van der Waals surface area contributed by atoms with Gasteiger partial charge in [-0.25, -0.2) is 0 Å². The molecule has 1 N–H and O–H groups in total. The van der Waals surface area contributed by atoms with Crippen molar-refractivity contribution in [2.45, 2.75) is 36.5 Å². The summed E-state index contributed by atoms with van der Waals surface area (Å²) in [5.74, 6) is 1.48. The Morgan fingerprint density at radius 3 is 3.00 bits per heavy atom. The van der Waals surface area contributed by atoms with Gasteiger partial charge in [-0.3, -0.25) is 0 Å². The molecule has 4 nitrogen and oxygen atoms in total. The van der Waals surface area contributed by atoms with Gasteiger partial charge in [0.1, 0.15) is 0 Å². The predicted octanol–water partition coefficient (Wildman–Crippen LogP) is 3.24. The lowest BCUT2D eigenvalue weighted by Gasteiger charge is -2.01. The number of hydrogen-bond donors (Lipinski definition) is 1. The van der Waals surface area contributed by atoms with Crippen molar-refractivity contribution in [1.29, 1.82) is 0 Å². The Bertz CT molecular complexity index is 537. The van der Waals surface area contributed by atoms with E-state index in [1.165, 1.54) is 23.3 Å². The lowest BCUT2D eigenvalue weighted by molar-refractivity contribution is 0.424. The van der Waals surface area contributed by atoms with Crippen LogP contribution >= 0.6 is 11.8 Å². The minimum Gasteiger partial charge on any atom is -0.335 e. The highest BCUT2D eigenvalue weighted by atomic mass is 32.2. The number of anilines is 1. The van der Waals surface area contributed by atoms with Crippen LogP contribution in [0, 0.1) is 6.92 Å². The van der Waals surface area contributed by atoms with Crippen LogP contribution in [0.4, 0.5) is 6.01 Å². The zero-order valence-corrected chi connectivity index (χ0v) is 11.0. The molecule has 1 aliphatic rings. The first-order valence-corrected chi connectivity index (χ1v) is 7.07. The van der Waals surface area contributed by atoms with Gasteiger partial charge in [0.2, 0.25) is 0 Å². The first-order chi connectivity index (χ1) is 8.81. The number of aryl methyl sites for hydroxylation is 1. The van der Waals surface area contributed by atoms with Crippen molar-refractivity contribution in [3.8, 4) is 0 Å². The summed E-state index contributed by atoms with van der Waals surface area (Å²) >= 11 is 1.74. The van der Waals surface area contributed by atoms with Gasteiger partial charge < -0.3 is 9.84 Å². The van der Waals surface area contributed by atoms with Crippen molar-refractivity contribution >= 4 is 17.8 Å². The molecule has 1 aromatic carbocycles. The van der Waals surface area contributed by atoms with Crippen LogP contribution < -0.4 is 5.32 Å². The Balaban J connectivity index is 1.59. The quantitative estimate of drug-likeness (QED) is 0.837. The molecule has 1 saturated carbocycles. The van der Waals surface area contributed by atoms with Crippen molar-refractivity contribution in [3.05, 3.63) is 35.7 Å². The molecule has 0 radical (unpaired) electrons. The molecule has 3 rings (SSSR count). The van der Waals surface area contributed by atoms with Gasteiger partial charge in [0.25, 0.3) is 0 Å². The molecule has 0 aliphatic heterocycles. The molecule has 2 aromatic rings. The standard InChI is InChI=1S/C13H15N3OS/c1-9-4-2-3-5-11(9)18-8-12-15-13(17-16-12)14-10-6-7-10/h2-5,10H,6-8H2,1H3,(H,14,15,16). The van der Waals surface area contributed by atoms with Crippen LogP contribution in [-0.2, 0) is 5.75 Å². The minimum atomic E-state index is 0.544. The highest BCUT2D eigenvalue weighted by Crippen LogP contribution is 2.26. The molecule has 1 heterocycles. The molecule has 1 aliphatic carbocycles. The average Bonchev–Trinajstić information content (AvgIpc) is 3.06. The third-order valence-corrected chi connectivity index (χ3v) is 4.00. The molecule has 94 valence electrons. The maximum Gasteiger partial charge on any atom is 0.321 e. The molecule has 0 amide bonds. The second-order valence-electron chi connectivity index (χ2n) is 4.49. The van der Waals surface area contributed by atoms with Gasteiger partial charge in [0.05, 0.1) is 5.75 Å². The third-order valence-electron chi connectivity index (χ3n) is 2.82. The second-order valence-corrected chi connectivity index (χ2v) is 5.51. The number of nitrogens with zero attached hydrogens (tertiary/aromatic N) is 2. The fourth-order valence-electron chi connectivity index (χ4n) is 1.63. The van der Waals surface area contributed by atoms with Gasteiger partial charge in [0.15, 0.2) is 5.82 Å². The van der Waals surface area contributed by atoms with Crippen molar-refractivity contribution < 1.29 is 4.52 Å². The summed E-state index contributed by atoms with van der Waals surface area (Å²) in [6.07, 6.45) is 2.41. The molecule has 0 atom stereocenters. The molecule has 0 saturated heterocycles. The van der Waals surface area contributed by atoms with Crippen molar-refractivity contribution in [1.82, 2.24) is 10.1 Å². The van der Waals surface area contributed by atoms with Crippen LogP contribution in [0.15, 0.2) is 33.7 Å². The summed E-state index contributed by atoms with van der Waals surface area (Å²) in [7, 11) is 0. The number of nitrogens with one attached hydrogen (secondary N) is 1. The van der Waals surface area contributed by atoms with Gasteiger partial charge in [-0.1, -0.05) is 23.4 Å². The second kappa shape index (κ2) is 5.02. The molecule has 1 aromatic heterocycles. The van der Waals surface area contributed by atoms with Crippen molar-refractivity contribution in [3.63, 3.8) is 0 Å². The smallest absolute Gasteiger partial charge is 0.321 e. The Morgan fingerprint density at radius 1 is 1.39 bits per heavy atom. The van der Waals surface area contributed by atoms with E-state index in [1.54, 1.807) is 11.8 Å². The monoisotopic (exact) mass is 261 g/mol. The summed E-state index contributed by atoms with van der Waals surface area (Å²) in [6.45, 7) is 2.11. The van der Waals surface area contributed by atoms with Crippen molar-refractivity contribution in [2.75, 3.05) is 5.32 Å². The van der Waals surface area contributed by atoms with E-state index in [0.717, 1.165) is 11.6 Å². The summed E-state index contributed by atoms with van der Waals surface area (Å²) in [4.78, 5) is 5.59. The van der Waals surface area contributed by atoms with Crippen LogP contribution in [0.3, 0.4) is 0 Å². The predicted molar refractivity (Wildman–Crippen MR) is 71.7 cm³/mol. The fourth-order valence-corrected chi connectivity index (χ4v) is 2.51. The Kier molecular flexibility index (Phi) is 3.23. The van der Waals surface area contributed by atoms with Crippen molar-refractivity contribution in [2.24, 2.45) is 0 Å². The van der Waals surface area contributed by atoms with Gasteiger partial charge in [-0.2, -0.15) is 4.98 Å². The van der Waals surface area contributed by atoms with Crippen LogP contribution in [-0.4, -0.2) is 16.2 Å². The molecule has 18 heavy (non-hydrogen) atoms. The van der Waals surface area contributed by atoms with E-state index in [4.69, 9.17) is 4.52 Å². The van der Waals surface area contributed by atoms with Crippen LogP contribution in [0.5, 0.6) is 0 Å². The number of rotatable bonds is 5. The molecule has 1 fully saturated rings. The maximum absolute atomic E-state index is 5.15. The van der Waals surface area contributed by atoms with Gasteiger partial charge in [-0.15, -0.1) is 11.8 Å². The number of thioether (sulfide) groups is 1. The summed E-state index contributed by atoms with van der Waals surface area (Å²) in [5.41, 5.74) is 1.28. The molecule has 0 unspecified atom stereocenters. The van der Waals surface area contributed by atoms with Crippen LogP contribution in [0.25, 0.3) is 0 Å². The van der Waals surface area contributed by atoms with Gasteiger partial charge in [0, 0.05) is 10.9 Å². The van der Waals surface area contributed by atoms with E-state index in [1.807, 2.05) is 12.1 Å². The number of aromatic nitrogens is 2. The van der Waals surface area contributed by atoms with E-state index < -0.39 is 0 Å². The van der Waals surface area contributed by atoms with E-state index in [9.17, 15) is 0 Å². The normalized spacial score (nSPS) is 14.7. The van der Waals surface area contributed by atoms with E-state index >= 15 is 0 Å². The summed E-state index contributed by atoms with van der Waals surface area (Å²) in [5, 5.41) is 7.17. The zero-order valence-electron chi connectivity index (χ0n) is 10.2. The third kappa shape index (κ3) is 2.85. The molecule has 0 spiro atoms. The van der Waals surface area contributed by atoms with Crippen LogP contribution in [0.1, 0.15) is 24.2 Å². The number of hydrogen-bond acceptors (Lipinski definition) is 5. The lowest BCUT2D eigenvalue weighted by Crippen LogP contribution is -2.00. The maximum atomic E-state index is 5.15. The average molecular weight is 261 g/mol. The SMILES string of the molecule is Cc1ccccc1SCc1noc(NC2CC2)n1. The Labute approximate surface area is 110 Å². The van der Waals surface area contributed by atoms with Gasteiger partial charge in [-0.05, 0) is 31.4 Å². The highest BCUT2D eigenvalue weighted by molar-refractivity contribution is 7.98. The highest BCUT2D eigenvalue weighted by Gasteiger charge is 2.23. The summed E-state index contributed by atoms with van der Waals surface area (Å²) in [6, 6.07) is 9.42. The van der Waals surface area contributed by atoms with E-state index in [0.29, 0.717) is 12.1 Å². The molecule has 0 bridgehead atoms. The Morgan fingerprint density at radius 2 is 2.22 bits per heavy atom. The van der Waals surface area contributed by atoms with E-state index in [2.05, 4.69) is 34.5 Å². The topological polar surface area (TPSA) is 51.0 Å².